The van der Waals surface area contributed by atoms with Gasteiger partial charge in [-0.3, -0.25) is 9.59 Å². The number of aromatic hydroxyl groups is 1. The summed E-state index contributed by atoms with van der Waals surface area (Å²) in [5, 5.41) is 12.1. The van der Waals surface area contributed by atoms with Gasteiger partial charge >= 0.3 is 0 Å². The lowest BCUT2D eigenvalue weighted by molar-refractivity contribution is 0.0942. The van der Waals surface area contributed by atoms with E-state index in [1.54, 1.807) is 6.92 Å². The second-order valence-electron chi connectivity index (χ2n) is 4.75. The molecule has 7 nitrogen and oxygen atoms in total. The Bertz CT molecular complexity index is 741. The topological polar surface area (TPSA) is 121 Å². The summed E-state index contributed by atoms with van der Waals surface area (Å²) in [5.74, 6) is -1.80. The van der Waals surface area contributed by atoms with E-state index in [1.165, 1.54) is 24.3 Å². The molecule has 0 aliphatic heterocycles. The summed E-state index contributed by atoms with van der Waals surface area (Å²) in [6.07, 6.45) is 0. The summed E-state index contributed by atoms with van der Waals surface area (Å²) in [7, 11) is 0. The number of benzene rings is 1. The van der Waals surface area contributed by atoms with E-state index in [0.29, 0.717) is 5.56 Å². The van der Waals surface area contributed by atoms with Crippen LogP contribution >= 0.6 is 0 Å². The van der Waals surface area contributed by atoms with Crippen molar-refractivity contribution < 1.29 is 14.3 Å². The van der Waals surface area contributed by atoms with Crippen LogP contribution in [0.1, 0.15) is 34.8 Å². The van der Waals surface area contributed by atoms with E-state index in [1.807, 2.05) is 0 Å². The summed E-state index contributed by atoms with van der Waals surface area (Å²) in [5.41, 5.74) is 5.02. The van der Waals surface area contributed by atoms with Crippen molar-refractivity contribution in [1.82, 2.24) is 15.3 Å². The number of hydrogen-bond acceptors (Lipinski definition) is 5. The van der Waals surface area contributed by atoms with Crippen LogP contribution in [0.5, 0.6) is 5.75 Å². The van der Waals surface area contributed by atoms with Gasteiger partial charge in [-0.05, 0) is 24.6 Å². The second kappa shape index (κ2) is 6.35. The number of aromatic nitrogens is 2. The van der Waals surface area contributed by atoms with Gasteiger partial charge in [0, 0.05) is 6.54 Å². The molecule has 0 saturated heterocycles. The molecule has 22 heavy (non-hydrogen) atoms. The smallest absolute Gasteiger partial charge is 0.293 e. The molecule has 1 aromatic heterocycles. The van der Waals surface area contributed by atoms with Crippen LogP contribution in [0.15, 0.2) is 29.1 Å². The number of H-pyrrole nitrogens is 1. The number of amides is 1. The maximum Gasteiger partial charge on any atom is 0.293 e. The number of rotatable bonds is 4. The summed E-state index contributed by atoms with van der Waals surface area (Å²) < 4.78 is 12.8. The van der Waals surface area contributed by atoms with Crippen LogP contribution in [-0.2, 0) is 6.54 Å². The molecule has 0 fully saturated rings. The van der Waals surface area contributed by atoms with Crippen LogP contribution in [0.25, 0.3) is 0 Å². The fourth-order valence-corrected chi connectivity index (χ4v) is 1.73. The first-order chi connectivity index (χ1) is 10.4. The molecule has 0 radical (unpaired) electrons. The number of nitrogens with two attached hydrogens (primary N) is 1. The third kappa shape index (κ3) is 3.47. The van der Waals surface area contributed by atoms with E-state index >= 15 is 0 Å². The molecule has 1 aromatic carbocycles. The zero-order chi connectivity index (χ0) is 16.3. The Morgan fingerprint density at radius 2 is 2.09 bits per heavy atom. The van der Waals surface area contributed by atoms with Crippen molar-refractivity contribution in [1.29, 1.82) is 0 Å². The Morgan fingerprint density at radius 3 is 2.68 bits per heavy atom. The first kappa shape index (κ1) is 15.6. The fraction of sp³-hybridized carbons (Fsp3) is 0.214. The molecule has 2 rings (SSSR count). The molecule has 1 amide bonds. The van der Waals surface area contributed by atoms with Crippen molar-refractivity contribution in [3.63, 3.8) is 0 Å². The number of nitrogens with one attached hydrogen (secondary N) is 2. The Kier molecular flexibility index (Phi) is 4.52. The summed E-state index contributed by atoms with van der Waals surface area (Å²) >= 11 is 0. The first-order valence-electron chi connectivity index (χ1n) is 6.50. The van der Waals surface area contributed by atoms with Gasteiger partial charge in [-0.15, -0.1) is 0 Å². The van der Waals surface area contributed by atoms with Crippen molar-refractivity contribution in [3.8, 4) is 5.75 Å². The zero-order valence-corrected chi connectivity index (χ0v) is 11.8. The van der Waals surface area contributed by atoms with Crippen LogP contribution in [-0.4, -0.2) is 21.0 Å². The molecule has 0 saturated carbocycles. The first-order valence-corrected chi connectivity index (χ1v) is 6.50. The van der Waals surface area contributed by atoms with Crippen LogP contribution in [0, 0.1) is 5.82 Å². The Hall–Kier alpha value is -2.74. The number of carbonyl (C=O) groups excluding carboxylic acids is 1. The molecule has 2 aromatic rings. The van der Waals surface area contributed by atoms with Gasteiger partial charge in [0.05, 0.1) is 6.04 Å². The second-order valence-corrected chi connectivity index (χ2v) is 4.75. The predicted octanol–water partition coefficient (Wildman–Crippen LogP) is 0.564. The monoisotopic (exact) mass is 306 g/mol. The van der Waals surface area contributed by atoms with E-state index in [0.717, 1.165) is 0 Å². The zero-order valence-electron chi connectivity index (χ0n) is 11.8. The van der Waals surface area contributed by atoms with Gasteiger partial charge < -0.3 is 21.1 Å². The summed E-state index contributed by atoms with van der Waals surface area (Å²) in [6, 6.07) is 4.94. The highest BCUT2D eigenvalue weighted by molar-refractivity contribution is 5.94. The van der Waals surface area contributed by atoms with E-state index in [2.05, 4.69) is 15.3 Å². The van der Waals surface area contributed by atoms with Gasteiger partial charge in [0.15, 0.2) is 5.69 Å². The predicted molar refractivity (Wildman–Crippen MR) is 76.7 cm³/mol. The van der Waals surface area contributed by atoms with Crippen molar-refractivity contribution >= 4 is 5.91 Å². The largest absolute Gasteiger partial charge is 0.501 e. The highest BCUT2D eigenvalue weighted by atomic mass is 19.1. The lowest BCUT2D eigenvalue weighted by Crippen LogP contribution is -2.28. The fourth-order valence-electron chi connectivity index (χ4n) is 1.73. The van der Waals surface area contributed by atoms with Crippen molar-refractivity contribution in [2.75, 3.05) is 0 Å². The summed E-state index contributed by atoms with van der Waals surface area (Å²) in [4.78, 5) is 29.7. The number of hydrogen-bond donors (Lipinski definition) is 4. The van der Waals surface area contributed by atoms with Crippen LogP contribution in [0.2, 0.25) is 0 Å². The van der Waals surface area contributed by atoms with E-state index < -0.39 is 29.0 Å². The highest BCUT2D eigenvalue weighted by Gasteiger charge is 2.18. The van der Waals surface area contributed by atoms with Gasteiger partial charge in [0.1, 0.15) is 11.6 Å². The molecule has 5 N–H and O–H groups in total. The third-order valence-electron chi connectivity index (χ3n) is 2.93. The number of nitrogens with zero attached hydrogens (tertiary/aromatic N) is 1. The van der Waals surface area contributed by atoms with Gasteiger partial charge in [-0.2, -0.15) is 0 Å². The third-order valence-corrected chi connectivity index (χ3v) is 2.93. The normalized spacial score (nSPS) is 12.0. The van der Waals surface area contributed by atoms with Crippen molar-refractivity contribution in [3.05, 3.63) is 57.5 Å². The SMILES string of the molecule is CC(N)c1nc(C(=O)NCc2ccc(F)cc2)c(O)c(=O)[nH]1. The average molecular weight is 306 g/mol. The molecule has 1 unspecified atom stereocenters. The molecule has 0 bridgehead atoms. The number of halogens is 1. The minimum absolute atomic E-state index is 0.0923. The van der Waals surface area contributed by atoms with Gasteiger partial charge in [-0.1, -0.05) is 12.1 Å². The van der Waals surface area contributed by atoms with Crippen LogP contribution in [0.4, 0.5) is 4.39 Å². The number of aromatic amines is 1. The molecular formula is C14H15FN4O3. The number of carbonyl (C=O) groups is 1. The van der Waals surface area contributed by atoms with Crippen LogP contribution < -0.4 is 16.6 Å². The summed E-state index contributed by atoms with van der Waals surface area (Å²) in [6.45, 7) is 1.68. The standard InChI is InChI=1S/C14H15FN4O3/c1-7(16)12-18-10(11(20)14(22)19-12)13(21)17-6-8-2-4-9(15)5-3-8/h2-5,7,20H,6,16H2,1H3,(H,17,21)(H,18,19,22). The van der Waals surface area contributed by atoms with Crippen molar-refractivity contribution in [2.24, 2.45) is 5.73 Å². The van der Waals surface area contributed by atoms with Crippen molar-refractivity contribution in [2.45, 2.75) is 19.5 Å². The molecule has 1 heterocycles. The van der Waals surface area contributed by atoms with E-state index in [-0.39, 0.29) is 18.2 Å². The highest BCUT2D eigenvalue weighted by Crippen LogP contribution is 2.11. The van der Waals surface area contributed by atoms with Crippen LogP contribution in [0.3, 0.4) is 0 Å². The molecular weight excluding hydrogens is 291 g/mol. The lowest BCUT2D eigenvalue weighted by atomic mass is 10.2. The Morgan fingerprint density at radius 1 is 1.45 bits per heavy atom. The lowest BCUT2D eigenvalue weighted by Gasteiger charge is -2.09. The molecule has 0 spiro atoms. The quantitative estimate of drug-likeness (QED) is 0.658. The maximum atomic E-state index is 12.8. The molecule has 116 valence electrons. The van der Waals surface area contributed by atoms with E-state index in [9.17, 15) is 19.1 Å². The molecule has 0 aliphatic rings. The van der Waals surface area contributed by atoms with Gasteiger partial charge in [0.25, 0.3) is 11.5 Å². The van der Waals surface area contributed by atoms with Gasteiger partial charge in [-0.25, -0.2) is 9.37 Å². The minimum Gasteiger partial charge on any atom is -0.501 e. The molecule has 0 aliphatic carbocycles. The maximum absolute atomic E-state index is 12.8. The average Bonchev–Trinajstić information content (AvgIpc) is 2.48. The molecule has 1 atom stereocenters. The Balaban J connectivity index is 2.18. The minimum atomic E-state index is -0.839. The van der Waals surface area contributed by atoms with E-state index in [4.69, 9.17) is 5.73 Å². The molecule has 8 heteroatoms. The Labute approximate surface area is 125 Å². The van der Waals surface area contributed by atoms with Gasteiger partial charge in [0.2, 0.25) is 5.75 Å².